The summed E-state index contributed by atoms with van der Waals surface area (Å²) in [7, 11) is 0. The van der Waals surface area contributed by atoms with Gasteiger partial charge in [-0.1, -0.05) is 0 Å². The van der Waals surface area contributed by atoms with Crippen LogP contribution in [0.3, 0.4) is 0 Å². The lowest BCUT2D eigenvalue weighted by atomic mass is 10.1. The van der Waals surface area contributed by atoms with E-state index in [9.17, 15) is 9.18 Å². The molecular formula is C13H7FN4O2. The second kappa shape index (κ2) is 5.99. The van der Waals surface area contributed by atoms with E-state index in [0.717, 1.165) is 12.1 Å². The van der Waals surface area contributed by atoms with E-state index in [2.05, 4.69) is 5.32 Å². The number of carbonyl (C=O) groups is 1. The summed E-state index contributed by atoms with van der Waals surface area (Å²) >= 11 is 0. The summed E-state index contributed by atoms with van der Waals surface area (Å²) in [6, 6.07) is 6.59. The van der Waals surface area contributed by atoms with Crippen LogP contribution in [0.15, 0.2) is 23.4 Å². The summed E-state index contributed by atoms with van der Waals surface area (Å²) in [4.78, 5) is 10.8. The Morgan fingerprint density at radius 2 is 1.85 bits per heavy atom. The number of nitriles is 3. The maximum atomic E-state index is 13.6. The molecule has 1 rings (SSSR count). The maximum Gasteiger partial charge on any atom is 0.335 e. The fourth-order valence-electron chi connectivity index (χ4n) is 1.35. The van der Waals surface area contributed by atoms with Crippen LogP contribution in [0.2, 0.25) is 0 Å². The number of allylic oxidation sites excluding steroid dienone is 2. The predicted octanol–water partition coefficient (Wildman–Crippen LogP) is 2.07. The zero-order valence-corrected chi connectivity index (χ0v) is 10.2. The average Bonchev–Trinajstić information content (AvgIpc) is 2.42. The van der Waals surface area contributed by atoms with Gasteiger partial charge in [-0.15, -0.1) is 0 Å². The summed E-state index contributed by atoms with van der Waals surface area (Å²) < 4.78 is 13.6. The SMILES string of the molecule is Cc1c(F)cc(C(=O)O)cc1NC(C#N)=C(C#N)C#N. The van der Waals surface area contributed by atoms with Crippen LogP contribution in [0, 0.1) is 46.7 Å². The third kappa shape index (κ3) is 2.90. The fraction of sp³-hybridized carbons (Fsp3) is 0.0769. The van der Waals surface area contributed by atoms with E-state index in [1.807, 2.05) is 0 Å². The van der Waals surface area contributed by atoms with Crippen LogP contribution in [0.1, 0.15) is 15.9 Å². The molecule has 1 aromatic carbocycles. The zero-order chi connectivity index (χ0) is 15.3. The molecule has 0 radical (unpaired) electrons. The number of anilines is 1. The average molecular weight is 270 g/mol. The van der Waals surface area contributed by atoms with Crippen molar-refractivity contribution in [1.29, 1.82) is 15.8 Å². The molecule has 98 valence electrons. The Balaban J connectivity index is 3.40. The Hall–Kier alpha value is -3.37. The number of rotatable bonds is 3. The van der Waals surface area contributed by atoms with Crippen molar-refractivity contribution in [3.05, 3.63) is 40.3 Å². The molecule has 0 spiro atoms. The molecule has 0 amide bonds. The summed E-state index contributed by atoms with van der Waals surface area (Å²) in [5.74, 6) is -2.12. The summed E-state index contributed by atoms with van der Waals surface area (Å²) in [6.45, 7) is 1.37. The first-order valence-electron chi connectivity index (χ1n) is 5.19. The van der Waals surface area contributed by atoms with Gasteiger partial charge in [-0.25, -0.2) is 9.18 Å². The van der Waals surface area contributed by atoms with Gasteiger partial charge in [0.25, 0.3) is 0 Å². The van der Waals surface area contributed by atoms with E-state index >= 15 is 0 Å². The lowest BCUT2D eigenvalue weighted by molar-refractivity contribution is 0.0696. The molecule has 0 heterocycles. The van der Waals surface area contributed by atoms with Crippen molar-refractivity contribution < 1.29 is 14.3 Å². The van der Waals surface area contributed by atoms with Gasteiger partial charge in [0.1, 0.15) is 29.7 Å². The summed E-state index contributed by atoms with van der Waals surface area (Å²) in [5, 5.41) is 37.5. The van der Waals surface area contributed by atoms with Gasteiger partial charge < -0.3 is 10.4 Å². The molecule has 20 heavy (non-hydrogen) atoms. The Morgan fingerprint density at radius 3 is 2.30 bits per heavy atom. The molecule has 7 heteroatoms. The number of aromatic carboxylic acids is 1. The van der Waals surface area contributed by atoms with Gasteiger partial charge >= 0.3 is 5.97 Å². The predicted molar refractivity (Wildman–Crippen MR) is 65.6 cm³/mol. The molecule has 0 aliphatic carbocycles. The van der Waals surface area contributed by atoms with Gasteiger partial charge in [0.15, 0.2) is 5.57 Å². The van der Waals surface area contributed by atoms with Crippen LogP contribution in [-0.4, -0.2) is 11.1 Å². The Kier molecular flexibility index (Phi) is 4.40. The molecule has 0 aliphatic rings. The Bertz CT molecular complexity index is 716. The number of halogens is 1. The Labute approximate surface area is 113 Å². The maximum absolute atomic E-state index is 13.6. The second-order valence-electron chi connectivity index (χ2n) is 3.65. The van der Waals surface area contributed by atoms with Crippen molar-refractivity contribution in [2.24, 2.45) is 0 Å². The normalized spacial score (nSPS) is 8.75. The number of carboxylic acids is 1. The lowest BCUT2D eigenvalue weighted by Crippen LogP contribution is -2.06. The topological polar surface area (TPSA) is 121 Å². The van der Waals surface area contributed by atoms with Crippen molar-refractivity contribution in [3.63, 3.8) is 0 Å². The van der Waals surface area contributed by atoms with E-state index < -0.39 is 17.4 Å². The molecule has 0 fully saturated rings. The minimum Gasteiger partial charge on any atom is -0.478 e. The standard InChI is InChI=1S/C13H7FN4O2/c1-7-10(14)2-8(13(19)20)3-11(7)18-12(6-17)9(4-15)5-16/h2-3,18H,1H3,(H,19,20). The van der Waals surface area contributed by atoms with E-state index in [4.69, 9.17) is 20.9 Å². The summed E-state index contributed by atoms with van der Waals surface area (Å²) in [5.41, 5.74) is -1.10. The molecule has 0 saturated carbocycles. The van der Waals surface area contributed by atoms with Gasteiger partial charge in [0, 0.05) is 11.3 Å². The van der Waals surface area contributed by atoms with Gasteiger partial charge in [-0.3, -0.25) is 0 Å². The largest absolute Gasteiger partial charge is 0.478 e. The highest BCUT2D eigenvalue weighted by molar-refractivity contribution is 5.89. The quantitative estimate of drug-likeness (QED) is 0.811. The van der Waals surface area contributed by atoms with Crippen molar-refractivity contribution in [1.82, 2.24) is 0 Å². The summed E-state index contributed by atoms with van der Waals surface area (Å²) in [6.07, 6.45) is 0. The third-order valence-electron chi connectivity index (χ3n) is 2.44. The lowest BCUT2D eigenvalue weighted by Gasteiger charge is -2.10. The third-order valence-corrected chi connectivity index (χ3v) is 2.44. The number of hydrogen-bond donors (Lipinski definition) is 2. The number of carboxylic acid groups (broad SMARTS) is 1. The molecule has 0 unspecified atom stereocenters. The molecule has 2 N–H and O–H groups in total. The van der Waals surface area contributed by atoms with E-state index in [1.54, 1.807) is 6.07 Å². The van der Waals surface area contributed by atoms with Crippen molar-refractivity contribution in [2.75, 3.05) is 5.32 Å². The minimum absolute atomic E-state index is 0.00181. The van der Waals surface area contributed by atoms with Crippen LogP contribution in [-0.2, 0) is 0 Å². The van der Waals surface area contributed by atoms with Crippen LogP contribution in [0.5, 0.6) is 0 Å². The van der Waals surface area contributed by atoms with E-state index in [-0.39, 0.29) is 22.5 Å². The molecule has 0 atom stereocenters. The first-order chi connectivity index (χ1) is 9.44. The van der Waals surface area contributed by atoms with E-state index in [1.165, 1.54) is 19.1 Å². The first-order valence-corrected chi connectivity index (χ1v) is 5.19. The highest BCUT2D eigenvalue weighted by Crippen LogP contribution is 2.23. The molecule has 0 saturated heterocycles. The van der Waals surface area contributed by atoms with Crippen molar-refractivity contribution >= 4 is 11.7 Å². The first kappa shape index (κ1) is 14.7. The highest BCUT2D eigenvalue weighted by atomic mass is 19.1. The molecular weight excluding hydrogens is 263 g/mol. The van der Waals surface area contributed by atoms with Gasteiger partial charge in [0.2, 0.25) is 0 Å². The number of hydrogen-bond acceptors (Lipinski definition) is 5. The van der Waals surface area contributed by atoms with Crippen molar-refractivity contribution in [2.45, 2.75) is 6.92 Å². The van der Waals surface area contributed by atoms with Crippen molar-refractivity contribution in [3.8, 4) is 18.2 Å². The van der Waals surface area contributed by atoms with Gasteiger partial charge in [-0.05, 0) is 19.1 Å². The molecule has 6 nitrogen and oxygen atoms in total. The number of benzene rings is 1. The zero-order valence-electron chi connectivity index (χ0n) is 10.2. The smallest absolute Gasteiger partial charge is 0.335 e. The van der Waals surface area contributed by atoms with Crippen LogP contribution >= 0.6 is 0 Å². The van der Waals surface area contributed by atoms with Crippen LogP contribution < -0.4 is 5.32 Å². The van der Waals surface area contributed by atoms with Gasteiger partial charge in [0.05, 0.1) is 5.56 Å². The highest BCUT2D eigenvalue weighted by Gasteiger charge is 2.14. The molecule has 0 aliphatic heterocycles. The van der Waals surface area contributed by atoms with Crippen LogP contribution in [0.4, 0.5) is 10.1 Å². The van der Waals surface area contributed by atoms with E-state index in [0.29, 0.717) is 0 Å². The molecule has 0 aromatic heterocycles. The van der Waals surface area contributed by atoms with Gasteiger partial charge in [-0.2, -0.15) is 15.8 Å². The Morgan fingerprint density at radius 1 is 1.25 bits per heavy atom. The number of nitrogens with one attached hydrogen (secondary N) is 1. The monoisotopic (exact) mass is 270 g/mol. The molecule has 0 bridgehead atoms. The second-order valence-corrected chi connectivity index (χ2v) is 3.65. The molecule has 1 aromatic rings. The van der Waals surface area contributed by atoms with Crippen LogP contribution in [0.25, 0.3) is 0 Å². The minimum atomic E-state index is -1.34. The fourth-order valence-corrected chi connectivity index (χ4v) is 1.35. The number of nitrogens with zero attached hydrogens (tertiary/aromatic N) is 3.